The van der Waals surface area contributed by atoms with Gasteiger partial charge in [-0.3, -0.25) is 4.79 Å². The lowest BCUT2D eigenvalue weighted by atomic mass is 10.0. The van der Waals surface area contributed by atoms with Gasteiger partial charge in [-0.05, 0) is 23.3 Å². The van der Waals surface area contributed by atoms with E-state index in [0.29, 0.717) is 29.0 Å². The molecule has 0 unspecified atom stereocenters. The monoisotopic (exact) mass is 334 g/mol. The molecular weight excluding hydrogens is 320 g/mol. The van der Waals surface area contributed by atoms with E-state index < -0.39 is 5.97 Å². The average Bonchev–Trinajstić information content (AvgIpc) is 3.23. The summed E-state index contributed by atoms with van der Waals surface area (Å²) in [6.45, 7) is 1.79. The Balaban J connectivity index is 1.54. The Hall–Kier alpha value is -3.28. The fraction of sp³-hybridized carbons (Fsp3) is 0.158. The molecule has 124 valence electrons. The quantitative estimate of drug-likeness (QED) is 0.533. The summed E-state index contributed by atoms with van der Waals surface area (Å²) in [6, 6.07) is 12.4. The van der Waals surface area contributed by atoms with Crippen LogP contribution in [0.4, 0.5) is 0 Å². The van der Waals surface area contributed by atoms with Crippen LogP contribution >= 0.6 is 0 Å². The lowest BCUT2D eigenvalue weighted by Gasteiger charge is -2.04. The number of ketones is 1. The van der Waals surface area contributed by atoms with Gasteiger partial charge in [0.25, 0.3) is 5.89 Å². The smallest absolute Gasteiger partial charge is 0.338 e. The fourth-order valence-electron chi connectivity index (χ4n) is 2.86. The van der Waals surface area contributed by atoms with Crippen LogP contribution in [0.1, 0.15) is 45.0 Å². The van der Waals surface area contributed by atoms with E-state index in [2.05, 4.69) is 10.2 Å². The van der Waals surface area contributed by atoms with Crippen LogP contribution in [0.2, 0.25) is 0 Å². The van der Waals surface area contributed by atoms with Crippen LogP contribution in [0.3, 0.4) is 0 Å². The summed E-state index contributed by atoms with van der Waals surface area (Å²) in [4.78, 5) is 24.7. The first-order valence-electron chi connectivity index (χ1n) is 7.94. The summed E-state index contributed by atoms with van der Waals surface area (Å²) < 4.78 is 10.5. The predicted molar refractivity (Wildman–Crippen MR) is 88.1 cm³/mol. The average molecular weight is 334 g/mol. The number of benzene rings is 2. The zero-order valence-corrected chi connectivity index (χ0v) is 13.5. The molecule has 0 saturated carbocycles. The Bertz CT molecular complexity index is 991. The molecule has 1 heterocycles. The number of aromatic nitrogens is 2. The van der Waals surface area contributed by atoms with Crippen molar-refractivity contribution in [3.63, 3.8) is 0 Å². The SMILES string of the molecule is CCc1nnc(COC(=O)c2ccc3c(c2)C(=O)c2ccccc2-3)o1. The third-order valence-electron chi connectivity index (χ3n) is 4.10. The first kappa shape index (κ1) is 15.3. The molecule has 0 N–H and O–H groups in total. The summed E-state index contributed by atoms with van der Waals surface area (Å²) in [5, 5.41) is 7.61. The zero-order chi connectivity index (χ0) is 17.4. The van der Waals surface area contributed by atoms with Gasteiger partial charge in [0.2, 0.25) is 5.89 Å². The molecule has 0 amide bonds. The number of esters is 1. The second-order valence-corrected chi connectivity index (χ2v) is 5.65. The summed E-state index contributed by atoms with van der Waals surface area (Å²) in [5.74, 6) is 0.120. The lowest BCUT2D eigenvalue weighted by molar-refractivity contribution is 0.0436. The van der Waals surface area contributed by atoms with Crippen LogP contribution < -0.4 is 0 Å². The van der Waals surface area contributed by atoms with Gasteiger partial charge >= 0.3 is 5.97 Å². The van der Waals surface area contributed by atoms with Gasteiger partial charge in [0.05, 0.1) is 5.56 Å². The minimum Gasteiger partial charge on any atom is -0.452 e. The van der Waals surface area contributed by atoms with Gasteiger partial charge in [-0.2, -0.15) is 0 Å². The second kappa shape index (κ2) is 5.98. The minimum atomic E-state index is -0.539. The number of rotatable bonds is 4. The van der Waals surface area contributed by atoms with Crippen molar-refractivity contribution < 1.29 is 18.7 Å². The maximum absolute atomic E-state index is 12.5. The molecule has 0 bridgehead atoms. The second-order valence-electron chi connectivity index (χ2n) is 5.65. The molecule has 1 aliphatic carbocycles. The molecule has 2 aromatic carbocycles. The number of nitrogens with zero attached hydrogens (tertiary/aromatic N) is 2. The van der Waals surface area contributed by atoms with Gasteiger partial charge in [-0.25, -0.2) is 4.79 Å². The van der Waals surface area contributed by atoms with Gasteiger partial charge in [-0.1, -0.05) is 37.3 Å². The molecule has 6 heteroatoms. The van der Waals surface area contributed by atoms with Gasteiger partial charge in [-0.15, -0.1) is 10.2 Å². The van der Waals surface area contributed by atoms with Crippen LogP contribution in [-0.4, -0.2) is 21.9 Å². The zero-order valence-electron chi connectivity index (χ0n) is 13.5. The van der Waals surface area contributed by atoms with E-state index in [4.69, 9.17) is 9.15 Å². The van der Waals surface area contributed by atoms with Gasteiger partial charge in [0.1, 0.15) is 0 Å². The van der Waals surface area contributed by atoms with Crippen LogP contribution in [0.15, 0.2) is 46.9 Å². The molecule has 0 saturated heterocycles. The molecule has 6 nitrogen and oxygen atoms in total. The van der Waals surface area contributed by atoms with E-state index in [1.807, 2.05) is 25.1 Å². The fourth-order valence-corrected chi connectivity index (χ4v) is 2.86. The summed E-state index contributed by atoms with van der Waals surface area (Å²) in [6.07, 6.45) is 0.619. The van der Waals surface area contributed by atoms with E-state index in [1.54, 1.807) is 24.3 Å². The molecule has 0 atom stereocenters. The molecule has 0 aliphatic heterocycles. The molecule has 3 aromatic rings. The highest BCUT2D eigenvalue weighted by atomic mass is 16.5. The van der Waals surface area contributed by atoms with E-state index >= 15 is 0 Å². The van der Waals surface area contributed by atoms with Crippen molar-refractivity contribution in [1.82, 2.24) is 10.2 Å². The van der Waals surface area contributed by atoms with Crippen molar-refractivity contribution in [2.75, 3.05) is 0 Å². The summed E-state index contributed by atoms with van der Waals surface area (Å²) in [7, 11) is 0. The molecule has 4 rings (SSSR count). The van der Waals surface area contributed by atoms with E-state index in [9.17, 15) is 9.59 Å². The van der Waals surface area contributed by atoms with Crippen LogP contribution in [0, 0.1) is 0 Å². The Morgan fingerprint density at radius 3 is 2.48 bits per heavy atom. The Morgan fingerprint density at radius 1 is 1.00 bits per heavy atom. The van der Waals surface area contributed by atoms with Crippen molar-refractivity contribution in [2.45, 2.75) is 20.0 Å². The summed E-state index contributed by atoms with van der Waals surface area (Å²) >= 11 is 0. The topological polar surface area (TPSA) is 82.3 Å². The third kappa shape index (κ3) is 2.61. The lowest BCUT2D eigenvalue weighted by Crippen LogP contribution is -2.07. The molecule has 0 spiro atoms. The van der Waals surface area contributed by atoms with Crippen molar-refractivity contribution in [1.29, 1.82) is 0 Å². The molecular formula is C19H14N2O4. The van der Waals surface area contributed by atoms with Crippen molar-refractivity contribution in [2.24, 2.45) is 0 Å². The summed E-state index contributed by atoms with van der Waals surface area (Å²) in [5.41, 5.74) is 3.21. The highest BCUT2D eigenvalue weighted by molar-refractivity contribution is 6.22. The molecule has 1 aliphatic rings. The van der Waals surface area contributed by atoms with E-state index in [-0.39, 0.29) is 18.3 Å². The number of aryl methyl sites for hydroxylation is 1. The maximum atomic E-state index is 12.5. The number of carbonyl (C=O) groups is 2. The Labute approximate surface area is 143 Å². The highest BCUT2D eigenvalue weighted by Crippen LogP contribution is 2.36. The van der Waals surface area contributed by atoms with Crippen molar-refractivity contribution in [3.8, 4) is 11.1 Å². The molecule has 25 heavy (non-hydrogen) atoms. The number of hydrogen-bond acceptors (Lipinski definition) is 6. The largest absolute Gasteiger partial charge is 0.452 e. The van der Waals surface area contributed by atoms with Gasteiger partial charge in [0, 0.05) is 17.5 Å². The molecule has 0 radical (unpaired) electrons. The van der Waals surface area contributed by atoms with Crippen LogP contribution in [0.25, 0.3) is 11.1 Å². The number of carbonyl (C=O) groups excluding carboxylic acids is 2. The van der Waals surface area contributed by atoms with E-state index in [1.165, 1.54) is 0 Å². The molecule has 1 aromatic heterocycles. The Morgan fingerprint density at radius 2 is 1.72 bits per heavy atom. The normalized spacial score (nSPS) is 12.0. The first-order chi connectivity index (χ1) is 12.2. The number of hydrogen-bond donors (Lipinski definition) is 0. The van der Waals surface area contributed by atoms with Crippen LogP contribution in [0.5, 0.6) is 0 Å². The van der Waals surface area contributed by atoms with Crippen LogP contribution in [-0.2, 0) is 17.8 Å². The van der Waals surface area contributed by atoms with Gasteiger partial charge < -0.3 is 9.15 Å². The number of ether oxygens (including phenoxy) is 1. The van der Waals surface area contributed by atoms with Gasteiger partial charge in [0.15, 0.2) is 12.4 Å². The minimum absolute atomic E-state index is 0.0789. The highest BCUT2D eigenvalue weighted by Gasteiger charge is 2.27. The third-order valence-corrected chi connectivity index (χ3v) is 4.10. The maximum Gasteiger partial charge on any atom is 0.338 e. The molecule has 0 fully saturated rings. The first-order valence-corrected chi connectivity index (χ1v) is 7.94. The van der Waals surface area contributed by atoms with Crippen molar-refractivity contribution >= 4 is 11.8 Å². The van der Waals surface area contributed by atoms with Crippen molar-refractivity contribution in [3.05, 3.63) is 70.9 Å². The number of fused-ring (bicyclic) bond motifs is 3. The standard InChI is InChI=1S/C19H14N2O4/c1-2-16-20-21-17(25-16)10-24-19(23)11-7-8-13-12-5-3-4-6-14(12)18(22)15(13)9-11/h3-9H,2,10H2,1H3. The predicted octanol–water partition coefficient (Wildman–Crippen LogP) is 3.20. The Kier molecular flexibility index (Phi) is 3.65. The van der Waals surface area contributed by atoms with E-state index in [0.717, 1.165) is 11.1 Å².